The third-order valence-electron chi connectivity index (χ3n) is 3.46. The first-order valence-corrected chi connectivity index (χ1v) is 7.45. The summed E-state index contributed by atoms with van der Waals surface area (Å²) in [6.45, 7) is 9.04. The van der Waals surface area contributed by atoms with Crippen molar-refractivity contribution in [3.05, 3.63) is 35.9 Å². The minimum Gasteiger partial charge on any atom is -0.227 e. The van der Waals surface area contributed by atoms with E-state index in [1.54, 1.807) is 20.8 Å². The van der Waals surface area contributed by atoms with E-state index in [0.717, 1.165) is 5.56 Å². The topological polar surface area (TPSA) is 34.1 Å². The van der Waals surface area contributed by atoms with E-state index >= 15 is 0 Å². The van der Waals surface area contributed by atoms with E-state index < -0.39 is 19.3 Å². The normalized spacial score (nSPS) is 16.5. The summed E-state index contributed by atoms with van der Waals surface area (Å²) in [6.07, 6.45) is 0.580. The van der Waals surface area contributed by atoms with Crippen LogP contribution in [0.4, 0.5) is 0 Å². The lowest BCUT2D eigenvalue weighted by Crippen LogP contribution is -2.43. The average Bonchev–Trinajstić information content (AvgIpc) is 2.27. The number of hydrogen-bond donors (Lipinski definition) is 0. The Hall–Kier alpha value is -0.830. The van der Waals surface area contributed by atoms with Crippen LogP contribution in [0.25, 0.3) is 0 Å². The van der Waals surface area contributed by atoms with Gasteiger partial charge in [0.2, 0.25) is 0 Å². The minimum atomic E-state index is -3.24. The molecule has 1 atom stereocenters. The van der Waals surface area contributed by atoms with Gasteiger partial charge in [-0.05, 0) is 39.7 Å². The molecule has 0 aliphatic heterocycles. The van der Waals surface area contributed by atoms with Gasteiger partial charge in [-0.2, -0.15) is 0 Å². The van der Waals surface area contributed by atoms with Crippen molar-refractivity contribution in [2.24, 2.45) is 0 Å². The van der Waals surface area contributed by atoms with E-state index in [-0.39, 0.29) is 0 Å². The van der Waals surface area contributed by atoms with Crippen LogP contribution in [-0.4, -0.2) is 13.2 Å². The Morgan fingerprint density at radius 3 is 1.82 bits per heavy atom. The molecule has 0 fully saturated rings. The molecule has 0 saturated heterocycles. The van der Waals surface area contributed by atoms with Gasteiger partial charge in [0.25, 0.3) is 0 Å². The van der Waals surface area contributed by atoms with Gasteiger partial charge in [0.1, 0.15) is 0 Å². The second-order valence-electron chi connectivity index (χ2n) is 5.57. The van der Waals surface area contributed by atoms with Crippen LogP contribution >= 0.6 is 0 Å². The molecule has 0 aliphatic rings. The smallest absolute Gasteiger partial charge is 0.164 e. The maximum atomic E-state index is 12.7. The molecule has 1 rings (SSSR count). The number of hydrogen-bond acceptors (Lipinski definition) is 2. The standard InChI is InChI=1S/C14H22O2S/c1-6-14(5,12-10-8-7-9-11-12)17(15,16)13(2,3)4/h7-11H,6H2,1-5H3/t14-/m1/s1. The second kappa shape index (κ2) is 4.45. The molecule has 0 amide bonds. The van der Waals surface area contributed by atoms with Gasteiger partial charge in [-0.15, -0.1) is 0 Å². The van der Waals surface area contributed by atoms with Crippen molar-refractivity contribution in [2.45, 2.75) is 50.5 Å². The van der Waals surface area contributed by atoms with Crippen molar-refractivity contribution in [3.8, 4) is 0 Å². The van der Waals surface area contributed by atoms with Gasteiger partial charge in [-0.3, -0.25) is 0 Å². The highest BCUT2D eigenvalue weighted by molar-refractivity contribution is 7.93. The molecule has 2 nitrogen and oxygen atoms in total. The highest BCUT2D eigenvalue weighted by Gasteiger charge is 2.46. The Bertz CT molecular complexity index is 469. The van der Waals surface area contributed by atoms with E-state index in [1.807, 2.05) is 44.2 Å². The minimum absolute atomic E-state index is 0.580. The Balaban J connectivity index is 3.43. The molecule has 0 heterocycles. The molecule has 0 N–H and O–H groups in total. The predicted octanol–water partition coefficient (Wildman–Crippen LogP) is 3.53. The van der Waals surface area contributed by atoms with Crippen molar-refractivity contribution < 1.29 is 8.42 Å². The molecular weight excluding hydrogens is 232 g/mol. The average molecular weight is 254 g/mol. The van der Waals surface area contributed by atoms with Crippen molar-refractivity contribution in [1.29, 1.82) is 0 Å². The highest BCUT2D eigenvalue weighted by atomic mass is 32.2. The van der Waals surface area contributed by atoms with E-state index in [4.69, 9.17) is 0 Å². The fourth-order valence-corrected chi connectivity index (χ4v) is 4.19. The summed E-state index contributed by atoms with van der Waals surface area (Å²) < 4.78 is 23.9. The van der Waals surface area contributed by atoms with E-state index in [1.165, 1.54) is 0 Å². The second-order valence-corrected chi connectivity index (χ2v) is 8.70. The summed E-state index contributed by atoms with van der Waals surface area (Å²) in [5.74, 6) is 0. The van der Waals surface area contributed by atoms with E-state index in [2.05, 4.69) is 0 Å². The van der Waals surface area contributed by atoms with Crippen molar-refractivity contribution in [1.82, 2.24) is 0 Å². The maximum Gasteiger partial charge on any atom is 0.164 e. The molecule has 0 bridgehead atoms. The zero-order valence-corrected chi connectivity index (χ0v) is 12.1. The molecule has 0 radical (unpaired) electrons. The van der Waals surface area contributed by atoms with Crippen molar-refractivity contribution in [2.75, 3.05) is 0 Å². The zero-order valence-electron chi connectivity index (χ0n) is 11.3. The van der Waals surface area contributed by atoms with Gasteiger partial charge < -0.3 is 0 Å². The molecule has 0 unspecified atom stereocenters. The molecule has 0 aromatic heterocycles. The summed E-state index contributed by atoms with van der Waals surface area (Å²) in [7, 11) is -3.24. The van der Waals surface area contributed by atoms with Gasteiger partial charge in [0.05, 0.1) is 9.49 Å². The molecule has 0 saturated carbocycles. The van der Waals surface area contributed by atoms with Gasteiger partial charge >= 0.3 is 0 Å². The largest absolute Gasteiger partial charge is 0.227 e. The summed E-state index contributed by atoms with van der Waals surface area (Å²) >= 11 is 0. The lowest BCUT2D eigenvalue weighted by Gasteiger charge is -2.35. The van der Waals surface area contributed by atoms with Gasteiger partial charge in [0.15, 0.2) is 9.84 Å². The fraction of sp³-hybridized carbons (Fsp3) is 0.571. The van der Waals surface area contributed by atoms with Crippen LogP contribution in [0.15, 0.2) is 30.3 Å². The summed E-state index contributed by atoms with van der Waals surface area (Å²) in [6, 6.07) is 9.48. The first kappa shape index (κ1) is 14.2. The van der Waals surface area contributed by atoms with Crippen molar-refractivity contribution in [3.63, 3.8) is 0 Å². The number of benzene rings is 1. The fourth-order valence-electron chi connectivity index (χ4n) is 2.02. The Morgan fingerprint density at radius 2 is 1.47 bits per heavy atom. The third kappa shape index (κ3) is 2.25. The number of rotatable bonds is 3. The summed E-state index contributed by atoms with van der Waals surface area (Å²) in [5, 5.41) is 0. The predicted molar refractivity (Wildman–Crippen MR) is 72.8 cm³/mol. The molecule has 96 valence electrons. The molecule has 0 spiro atoms. The number of sulfone groups is 1. The quantitative estimate of drug-likeness (QED) is 0.827. The zero-order chi connectivity index (χ0) is 13.3. The highest BCUT2D eigenvalue weighted by Crippen LogP contribution is 2.39. The van der Waals surface area contributed by atoms with E-state index in [9.17, 15) is 8.42 Å². The SMILES string of the molecule is CC[C@](C)(c1ccccc1)S(=O)(=O)C(C)(C)C. The Morgan fingerprint density at radius 1 is 1.00 bits per heavy atom. The molecule has 3 heteroatoms. The summed E-state index contributed by atoms with van der Waals surface area (Å²) in [5.41, 5.74) is 0.873. The van der Waals surface area contributed by atoms with Crippen LogP contribution in [0.5, 0.6) is 0 Å². The molecular formula is C14H22O2S. The van der Waals surface area contributed by atoms with Crippen LogP contribution in [0.1, 0.15) is 46.6 Å². The molecule has 1 aromatic rings. The first-order chi connectivity index (χ1) is 7.67. The lowest BCUT2D eigenvalue weighted by molar-refractivity contribution is 0.498. The summed E-state index contributed by atoms with van der Waals surface area (Å²) in [4.78, 5) is 0. The van der Waals surface area contributed by atoms with E-state index in [0.29, 0.717) is 6.42 Å². The van der Waals surface area contributed by atoms with Crippen LogP contribution in [0, 0.1) is 0 Å². The van der Waals surface area contributed by atoms with Crippen molar-refractivity contribution >= 4 is 9.84 Å². The molecule has 17 heavy (non-hydrogen) atoms. The Kier molecular flexibility index (Phi) is 3.72. The van der Waals surface area contributed by atoms with Crippen LogP contribution < -0.4 is 0 Å². The molecule has 1 aromatic carbocycles. The maximum absolute atomic E-state index is 12.7. The van der Waals surface area contributed by atoms with Gasteiger partial charge in [0, 0.05) is 0 Å². The monoisotopic (exact) mass is 254 g/mol. The Labute approximate surface area is 105 Å². The lowest BCUT2D eigenvalue weighted by atomic mass is 9.98. The third-order valence-corrected chi connectivity index (χ3v) is 6.78. The van der Waals surface area contributed by atoms with Gasteiger partial charge in [-0.25, -0.2) is 8.42 Å². The van der Waals surface area contributed by atoms with Crippen LogP contribution in [0.2, 0.25) is 0 Å². The first-order valence-electron chi connectivity index (χ1n) is 5.96. The molecule has 0 aliphatic carbocycles. The van der Waals surface area contributed by atoms with Crippen LogP contribution in [-0.2, 0) is 14.6 Å². The van der Waals surface area contributed by atoms with Crippen LogP contribution in [0.3, 0.4) is 0 Å². The van der Waals surface area contributed by atoms with Gasteiger partial charge in [-0.1, -0.05) is 37.3 Å².